The van der Waals surface area contributed by atoms with E-state index in [2.05, 4.69) is 16.4 Å². The highest BCUT2D eigenvalue weighted by atomic mass is 16.6. The molecule has 0 aliphatic heterocycles. The van der Waals surface area contributed by atoms with Crippen molar-refractivity contribution < 1.29 is 9.53 Å². The summed E-state index contributed by atoms with van der Waals surface area (Å²) in [4.78, 5) is 15.9. The molecule has 0 fully saturated rings. The third-order valence-corrected chi connectivity index (χ3v) is 3.25. The predicted octanol–water partition coefficient (Wildman–Crippen LogP) is 3.95. The molecule has 0 atom stereocenters. The van der Waals surface area contributed by atoms with Crippen LogP contribution in [0.2, 0.25) is 0 Å². The van der Waals surface area contributed by atoms with Gasteiger partial charge in [-0.15, -0.1) is 0 Å². The van der Waals surface area contributed by atoms with Crippen LogP contribution in [0.25, 0.3) is 11.1 Å². The van der Waals surface area contributed by atoms with Crippen LogP contribution in [0.1, 0.15) is 37.6 Å². The molecule has 0 aliphatic carbocycles. The van der Waals surface area contributed by atoms with Crippen LogP contribution in [0.4, 0.5) is 4.79 Å². The zero-order valence-corrected chi connectivity index (χ0v) is 14.4. The van der Waals surface area contributed by atoms with Crippen molar-refractivity contribution >= 4 is 6.09 Å². The molecule has 1 N–H and O–H groups in total. The number of nitrogens with one attached hydrogen (secondary N) is 1. The third-order valence-electron chi connectivity index (χ3n) is 3.25. The van der Waals surface area contributed by atoms with E-state index in [1.54, 1.807) is 12.3 Å². The number of carbonyl (C=O) groups excluding carboxylic acids is 1. The summed E-state index contributed by atoms with van der Waals surface area (Å²) in [7, 11) is 0. The van der Waals surface area contributed by atoms with E-state index in [0.717, 1.165) is 22.4 Å². The number of nitrogens with zero attached hydrogens (tertiary/aromatic N) is 2. The minimum absolute atomic E-state index is 0.305. The van der Waals surface area contributed by atoms with E-state index in [1.165, 1.54) is 0 Å². The fourth-order valence-corrected chi connectivity index (χ4v) is 2.25. The summed E-state index contributed by atoms with van der Waals surface area (Å²) >= 11 is 0. The zero-order chi connectivity index (χ0) is 17.7. The minimum Gasteiger partial charge on any atom is -0.444 e. The third kappa shape index (κ3) is 4.82. The average molecular weight is 323 g/mol. The molecule has 124 valence electrons. The highest BCUT2D eigenvalue weighted by molar-refractivity contribution is 5.71. The molecule has 0 bridgehead atoms. The Morgan fingerprint density at radius 3 is 2.67 bits per heavy atom. The van der Waals surface area contributed by atoms with Crippen LogP contribution >= 0.6 is 0 Å². The molecule has 0 unspecified atom stereocenters. The van der Waals surface area contributed by atoms with Gasteiger partial charge in [0.15, 0.2) is 0 Å². The second kappa shape index (κ2) is 7.14. The van der Waals surface area contributed by atoms with Gasteiger partial charge in [-0.05, 0) is 62.6 Å². The lowest BCUT2D eigenvalue weighted by atomic mass is 9.98. The topological polar surface area (TPSA) is 75.0 Å². The summed E-state index contributed by atoms with van der Waals surface area (Å²) in [6.07, 6.45) is 1.25. The molecule has 2 aromatic rings. The molecule has 0 radical (unpaired) electrons. The van der Waals surface area contributed by atoms with Gasteiger partial charge < -0.3 is 10.1 Å². The number of aryl methyl sites for hydroxylation is 1. The normalized spacial score (nSPS) is 10.8. The molecule has 0 spiro atoms. The molecule has 5 heteroatoms. The number of nitriles is 1. The predicted molar refractivity (Wildman–Crippen MR) is 92.2 cm³/mol. The summed E-state index contributed by atoms with van der Waals surface area (Å²) in [6.45, 7) is 7.65. The first-order valence-corrected chi connectivity index (χ1v) is 7.71. The number of benzene rings is 1. The number of hydrogen-bond donors (Lipinski definition) is 1. The molecule has 1 amide bonds. The van der Waals surface area contributed by atoms with Crippen molar-refractivity contribution in [3.8, 4) is 17.2 Å². The van der Waals surface area contributed by atoms with Crippen molar-refractivity contribution in [3.63, 3.8) is 0 Å². The number of alkyl carbamates (subject to hydrolysis) is 1. The summed E-state index contributed by atoms with van der Waals surface area (Å²) in [5.74, 6) is 0. The van der Waals surface area contributed by atoms with Gasteiger partial charge in [-0.3, -0.25) is 4.98 Å². The second-order valence-electron chi connectivity index (χ2n) is 6.53. The lowest BCUT2D eigenvalue weighted by Gasteiger charge is -2.19. The minimum atomic E-state index is -0.537. The van der Waals surface area contributed by atoms with Gasteiger partial charge in [0.05, 0.1) is 11.6 Å². The van der Waals surface area contributed by atoms with Gasteiger partial charge >= 0.3 is 6.09 Å². The maximum absolute atomic E-state index is 11.7. The van der Waals surface area contributed by atoms with Crippen LogP contribution < -0.4 is 5.32 Å². The number of hydrogen-bond acceptors (Lipinski definition) is 4. The van der Waals surface area contributed by atoms with Gasteiger partial charge in [0.25, 0.3) is 0 Å². The van der Waals surface area contributed by atoms with E-state index < -0.39 is 11.7 Å². The fourth-order valence-electron chi connectivity index (χ4n) is 2.25. The van der Waals surface area contributed by atoms with Crippen LogP contribution in [0.15, 0.2) is 36.5 Å². The molecule has 5 nitrogen and oxygen atoms in total. The molecule has 1 aromatic carbocycles. The summed E-state index contributed by atoms with van der Waals surface area (Å²) in [5, 5.41) is 12.1. The first kappa shape index (κ1) is 17.5. The first-order valence-electron chi connectivity index (χ1n) is 7.71. The van der Waals surface area contributed by atoms with E-state index in [4.69, 9.17) is 4.74 Å². The maximum Gasteiger partial charge on any atom is 0.407 e. The number of rotatable bonds is 3. The van der Waals surface area contributed by atoms with Crippen LogP contribution in [0.3, 0.4) is 0 Å². The van der Waals surface area contributed by atoms with Crippen LogP contribution in [0.5, 0.6) is 0 Å². The zero-order valence-electron chi connectivity index (χ0n) is 14.4. The Hall–Kier alpha value is -2.87. The molecule has 24 heavy (non-hydrogen) atoms. The maximum atomic E-state index is 11.7. The SMILES string of the molecule is Cc1cc(-c2ccc(CNC(=O)OC(C)(C)C)cc2C#N)ccn1. The average Bonchev–Trinajstić information content (AvgIpc) is 2.51. The van der Waals surface area contributed by atoms with Crippen molar-refractivity contribution in [2.75, 3.05) is 0 Å². The Morgan fingerprint density at radius 1 is 1.29 bits per heavy atom. The van der Waals surface area contributed by atoms with Crippen molar-refractivity contribution in [2.45, 2.75) is 39.8 Å². The standard InChI is InChI=1S/C19H21N3O2/c1-13-9-15(7-8-21-13)17-6-5-14(10-16(17)11-20)12-22-18(23)24-19(2,3)4/h5-10H,12H2,1-4H3,(H,22,23). The number of amides is 1. The Morgan fingerprint density at radius 2 is 2.04 bits per heavy atom. The largest absolute Gasteiger partial charge is 0.444 e. The molecule has 0 aliphatic rings. The highest BCUT2D eigenvalue weighted by Gasteiger charge is 2.16. The Bertz CT molecular complexity index is 786. The van der Waals surface area contributed by atoms with E-state index in [-0.39, 0.29) is 0 Å². The van der Waals surface area contributed by atoms with Crippen LogP contribution in [0, 0.1) is 18.3 Å². The van der Waals surface area contributed by atoms with Crippen molar-refractivity contribution in [3.05, 3.63) is 53.3 Å². The van der Waals surface area contributed by atoms with Gasteiger partial charge in [0.2, 0.25) is 0 Å². The molecule has 1 heterocycles. The van der Waals surface area contributed by atoms with Gasteiger partial charge in [0, 0.05) is 18.4 Å². The summed E-state index contributed by atoms with van der Waals surface area (Å²) in [5.41, 5.74) is 3.56. The Balaban J connectivity index is 2.15. The molecule has 1 aromatic heterocycles. The van der Waals surface area contributed by atoms with Crippen LogP contribution in [-0.2, 0) is 11.3 Å². The van der Waals surface area contributed by atoms with E-state index in [9.17, 15) is 10.1 Å². The highest BCUT2D eigenvalue weighted by Crippen LogP contribution is 2.24. The van der Waals surface area contributed by atoms with Crippen molar-refractivity contribution in [1.29, 1.82) is 5.26 Å². The van der Waals surface area contributed by atoms with Crippen LogP contribution in [-0.4, -0.2) is 16.7 Å². The fraction of sp³-hybridized carbons (Fsp3) is 0.316. The van der Waals surface area contributed by atoms with Gasteiger partial charge in [0.1, 0.15) is 5.60 Å². The molecular weight excluding hydrogens is 302 g/mol. The number of carbonyl (C=O) groups is 1. The van der Waals surface area contributed by atoms with E-state index in [1.807, 2.05) is 52.0 Å². The summed E-state index contributed by atoms with van der Waals surface area (Å²) in [6, 6.07) is 11.6. The monoisotopic (exact) mass is 323 g/mol. The molecule has 2 rings (SSSR count). The summed E-state index contributed by atoms with van der Waals surface area (Å²) < 4.78 is 5.20. The Kier molecular flexibility index (Phi) is 5.20. The first-order chi connectivity index (χ1) is 11.3. The van der Waals surface area contributed by atoms with E-state index >= 15 is 0 Å². The molecular formula is C19H21N3O2. The second-order valence-corrected chi connectivity index (χ2v) is 6.53. The number of ether oxygens (including phenoxy) is 1. The van der Waals surface area contributed by atoms with Gasteiger partial charge in [-0.1, -0.05) is 12.1 Å². The molecule has 0 saturated carbocycles. The van der Waals surface area contributed by atoms with Gasteiger partial charge in [-0.2, -0.15) is 5.26 Å². The van der Waals surface area contributed by atoms with E-state index in [0.29, 0.717) is 12.1 Å². The Labute approximate surface area is 142 Å². The lowest BCUT2D eigenvalue weighted by molar-refractivity contribution is 0.0523. The number of aromatic nitrogens is 1. The van der Waals surface area contributed by atoms with Crippen molar-refractivity contribution in [2.24, 2.45) is 0 Å². The van der Waals surface area contributed by atoms with Crippen molar-refractivity contribution in [1.82, 2.24) is 10.3 Å². The quantitative estimate of drug-likeness (QED) is 0.928. The smallest absolute Gasteiger partial charge is 0.407 e. The lowest BCUT2D eigenvalue weighted by Crippen LogP contribution is -2.32. The number of pyridine rings is 1. The van der Waals surface area contributed by atoms with Gasteiger partial charge in [-0.25, -0.2) is 4.79 Å². The molecule has 0 saturated heterocycles.